The van der Waals surface area contributed by atoms with Crippen LogP contribution in [0.4, 0.5) is 4.39 Å². The van der Waals surface area contributed by atoms with Crippen molar-refractivity contribution in [1.29, 1.82) is 0 Å². The molecule has 3 heteroatoms. The first-order valence-electron chi connectivity index (χ1n) is 6.15. The van der Waals surface area contributed by atoms with E-state index in [9.17, 15) is 9.18 Å². The van der Waals surface area contributed by atoms with Crippen molar-refractivity contribution in [1.82, 2.24) is 0 Å². The Hall–Kier alpha value is -1.38. The fourth-order valence-corrected chi connectivity index (χ4v) is 2.28. The molecule has 0 amide bonds. The van der Waals surface area contributed by atoms with E-state index >= 15 is 0 Å². The van der Waals surface area contributed by atoms with Gasteiger partial charge in [0, 0.05) is 12.0 Å². The Kier molecular flexibility index (Phi) is 4.13. The average molecular weight is 236 g/mol. The van der Waals surface area contributed by atoms with E-state index in [-0.39, 0.29) is 18.4 Å². The molecule has 2 nitrogen and oxygen atoms in total. The van der Waals surface area contributed by atoms with Gasteiger partial charge >= 0.3 is 5.97 Å². The van der Waals surface area contributed by atoms with Gasteiger partial charge in [-0.15, -0.1) is 0 Å². The van der Waals surface area contributed by atoms with Gasteiger partial charge in [-0.25, -0.2) is 4.39 Å². The zero-order chi connectivity index (χ0) is 12.1. The first kappa shape index (κ1) is 12.1. The maximum atomic E-state index is 13.3. The standard InChI is InChI=1S/C14H17FO2/c15-13-8-4-3-7-12(13)10-17-14(16)9-11-5-1-2-6-11/h3-4,7-8,11H,1-2,5-6,9-10H2. The molecule has 0 spiro atoms. The number of rotatable bonds is 4. The summed E-state index contributed by atoms with van der Waals surface area (Å²) in [5.74, 6) is -0.0514. The number of carbonyl (C=O) groups is 1. The lowest BCUT2D eigenvalue weighted by Crippen LogP contribution is -2.10. The predicted octanol–water partition coefficient (Wildman–Crippen LogP) is 3.45. The summed E-state index contributed by atoms with van der Waals surface area (Å²) >= 11 is 0. The molecule has 0 heterocycles. The SMILES string of the molecule is O=C(CC1CCCC1)OCc1ccccc1F. The molecular formula is C14H17FO2. The third-order valence-electron chi connectivity index (χ3n) is 3.28. The maximum absolute atomic E-state index is 13.3. The highest BCUT2D eigenvalue weighted by atomic mass is 19.1. The van der Waals surface area contributed by atoms with Gasteiger partial charge in [0.25, 0.3) is 0 Å². The van der Waals surface area contributed by atoms with Crippen molar-refractivity contribution in [2.45, 2.75) is 38.7 Å². The molecule has 17 heavy (non-hydrogen) atoms. The summed E-state index contributed by atoms with van der Waals surface area (Å²) < 4.78 is 18.3. The van der Waals surface area contributed by atoms with Crippen molar-refractivity contribution in [3.63, 3.8) is 0 Å². The van der Waals surface area contributed by atoms with Crippen LogP contribution < -0.4 is 0 Å². The molecule has 1 aliphatic carbocycles. The van der Waals surface area contributed by atoms with Crippen LogP contribution >= 0.6 is 0 Å². The topological polar surface area (TPSA) is 26.3 Å². The monoisotopic (exact) mass is 236 g/mol. The van der Waals surface area contributed by atoms with E-state index in [4.69, 9.17) is 4.74 Å². The second kappa shape index (κ2) is 5.80. The van der Waals surface area contributed by atoms with Gasteiger partial charge in [-0.2, -0.15) is 0 Å². The molecule has 0 atom stereocenters. The summed E-state index contributed by atoms with van der Waals surface area (Å²) in [5, 5.41) is 0. The number of hydrogen-bond acceptors (Lipinski definition) is 2. The largest absolute Gasteiger partial charge is 0.461 e. The van der Waals surface area contributed by atoms with Crippen molar-refractivity contribution in [2.24, 2.45) is 5.92 Å². The van der Waals surface area contributed by atoms with Gasteiger partial charge in [0.15, 0.2) is 0 Å². The molecule has 1 saturated carbocycles. The summed E-state index contributed by atoms with van der Waals surface area (Å²) in [7, 11) is 0. The highest BCUT2D eigenvalue weighted by molar-refractivity contribution is 5.69. The third-order valence-corrected chi connectivity index (χ3v) is 3.28. The van der Waals surface area contributed by atoms with E-state index in [0.29, 0.717) is 17.9 Å². The Morgan fingerprint density at radius 3 is 2.71 bits per heavy atom. The second-order valence-electron chi connectivity index (χ2n) is 4.61. The first-order valence-corrected chi connectivity index (χ1v) is 6.15. The smallest absolute Gasteiger partial charge is 0.306 e. The van der Waals surface area contributed by atoms with Gasteiger partial charge in [-0.1, -0.05) is 31.0 Å². The summed E-state index contributed by atoms with van der Waals surface area (Å²) in [6, 6.07) is 6.38. The second-order valence-corrected chi connectivity index (χ2v) is 4.61. The number of esters is 1. The Labute approximate surface area is 101 Å². The van der Waals surface area contributed by atoms with E-state index in [0.717, 1.165) is 12.8 Å². The molecule has 2 rings (SSSR count). The summed E-state index contributed by atoms with van der Waals surface area (Å²) in [6.07, 6.45) is 5.15. The van der Waals surface area contributed by atoms with E-state index in [1.165, 1.54) is 18.9 Å². The van der Waals surface area contributed by atoms with Crippen LogP contribution in [0.3, 0.4) is 0 Å². The summed E-state index contributed by atoms with van der Waals surface area (Å²) in [4.78, 5) is 11.5. The fourth-order valence-electron chi connectivity index (χ4n) is 2.28. The molecule has 1 fully saturated rings. The van der Waals surface area contributed by atoms with Crippen LogP contribution in [0.1, 0.15) is 37.7 Å². The lowest BCUT2D eigenvalue weighted by Gasteiger charge is -2.09. The Morgan fingerprint density at radius 2 is 2.00 bits per heavy atom. The van der Waals surface area contributed by atoms with Crippen LogP contribution in [-0.4, -0.2) is 5.97 Å². The maximum Gasteiger partial charge on any atom is 0.306 e. The molecule has 0 aliphatic heterocycles. The predicted molar refractivity (Wildman–Crippen MR) is 62.8 cm³/mol. The average Bonchev–Trinajstić information content (AvgIpc) is 2.81. The molecular weight excluding hydrogens is 219 g/mol. The third kappa shape index (κ3) is 3.55. The first-order chi connectivity index (χ1) is 8.25. The highest BCUT2D eigenvalue weighted by Gasteiger charge is 2.19. The van der Waals surface area contributed by atoms with Gasteiger partial charge in [0.2, 0.25) is 0 Å². The molecule has 0 saturated heterocycles. The quantitative estimate of drug-likeness (QED) is 0.748. The molecule has 1 aliphatic rings. The van der Waals surface area contributed by atoms with Gasteiger partial charge in [0.05, 0.1) is 0 Å². The molecule has 1 aromatic rings. The van der Waals surface area contributed by atoms with Gasteiger partial charge < -0.3 is 4.74 Å². The van der Waals surface area contributed by atoms with Crippen LogP contribution in [0.5, 0.6) is 0 Å². The number of benzene rings is 1. The Balaban J connectivity index is 1.77. The van der Waals surface area contributed by atoms with Crippen LogP contribution in [0, 0.1) is 11.7 Å². The van der Waals surface area contributed by atoms with Gasteiger partial charge in [0.1, 0.15) is 12.4 Å². The summed E-state index contributed by atoms with van der Waals surface area (Å²) in [5.41, 5.74) is 0.437. The zero-order valence-electron chi connectivity index (χ0n) is 9.82. The minimum Gasteiger partial charge on any atom is -0.461 e. The van der Waals surface area contributed by atoms with Crippen LogP contribution in [0.25, 0.3) is 0 Å². The van der Waals surface area contributed by atoms with E-state index in [1.54, 1.807) is 18.2 Å². The van der Waals surface area contributed by atoms with Crippen LogP contribution in [-0.2, 0) is 16.1 Å². The summed E-state index contributed by atoms with van der Waals surface area (Å²) in [6.45, 7) is 0.0399. The molecule has 0 radical (unpaired) electrons. The number of halogens is 1. The molecule has 0 bridgehead atoms. The lowest BCUT2D eigenvalue weighted by molar-refractivity contribution is -0.146. The van der Waals surface area contributed by atoms with Crippen LogP contribution in [0.2, 0.25) is 0 Å². The van der Waals surface area contributed by atoms with E-state index < -0.39 is 0 Å². The van der Waals surface area contributed by atoms with Crippen LogP contribution in [0.15, 0.2) is 24.3 Å². The normalized spacial score (nSPS) is 16.1. The zero-order valence-corrected chi connectivity index (χ0v) is 9.82. The van der Waals surface area contributed by atoms with Crippen molar-refractivity contribution in [2.75, 3.05) is 0 Å². The number of carbonyl (C=O) groups excluding carboxylic acids is 1. The number of ether oxygens (including phenoxy) is 1. The molecule has 0 unspecified atom stereocenters. The fraction of sp³-hybridized carbons (Fsp3) is 0.500. The minimum atomic E-state index is -0.318. The van der Waals surface area contributed by atoms with Crippen molar-refractivity contribution in [3.05, 3.63) is 35.6 Å². The Morgan fingerprint density at radius 1 is 1.29 bits per heavy atom. The minimum absolute atomic E-state index is 0.0399. The highest BCUT2D eigenvalue weighted by Crippen LogP contribution is 2.27. The van der Waals surface area contributed by atoms with Gasteiger partial charge in [-0.3, -0.25) is 4.79 Å². The lowest BCUT2D eigenvalue weighted by atomic mass is 10.0. The molecule has 0 aromatic heterocycles. The van der Waals surface area contributed by atoms with Crippen molar-refractivity contribution in [3.8, 4) is 0 Å². The molecule has 92 valence electrons. The molecule has 0 N–H and O–H groups in total. The Bertz CT molecular complexity index is 384. The van der Waals surface area contributed by atoms with Crippen molar-refractivity contribution < 1.29 is 13.9 Å². The molecule has 1 aromatic carbocycles. The van der Waals surface area contributed by atoms with Gasteiger partial charge in [-0.05, 0) is 24.8 Å². The van der Waals surface area contributed by atoms with Crippen molar-refractivity contribution >= 4 is 5.97 Å². The van der Waals surface area contributed by atoms with E-state index in [1.807, 2.05) is 0 Å². The number of hydrogen-bond donors (Lipinski definition) is 0. The van der Waals surface area contributed by atoms with E-state index in [2.05, 4.69) is 0 Å².